The van der Waals surface area contributed by atoms with E-state index in [4.69, 9.17) is 19.6 Å². The first-order valence-corrected chi connectivity index (χ1v) is 11.4. The van der Waals surface area contributed by atoms with Gasteiger partial charge in [-0.15, -0.1) is 0 Å². The molecule has 1 aliphatic rings. The molecule has 0 bridgehead atoms. The summed E-state index contributed by atoms with van der Waals surface area (Å²) in [6.45, 7) is 10.3. The molecule has 0 N–H and O–H groups in total. The van der Waals surface area contributed by atoms with Gasteiger partial charge in [-0.05, 0) is 36.1 Å². The van der Waals surface area contributed by atoms with Crippen LogP contribution in [0.3, 0.4) is 0 Å². The normalized spacial score (nSPS) is 17.2. The largest absolute Gasteiger partial charge is 0.491 e. The van der Waals surface area contributed by atoms with E-state index in [1.165, 1.54) is 12.2 Å². The third-order valence-corrected chi connectivity index (χ3v) is 6.44. The van der Waals surface area contributed by atoms with Crippen molar-refractivity contribution in [2.45, 2.75) is 46.1 Å². The van der Waals surface area contributed by atoms with Gasteiger partial charge < -0.3 is 9.47 Å². The minimum absolute atomic E-state index is 0.396. The summed E-state index contributed by atoms with van der Waals surface area (Å²) in [5, 5.41) is 5.00. The van der Waals surface area contributed by atoms with Crippen molar-refractivity contribution in [1.29, 1.82) is 0 Å². The Morgan fingerprint density at radius 3 is 2.61 bits per heavy atom. The zero-order chi connectivity index (χ0) is 20.1. The molecule has 5 nitrogen and oxygen atoms in total. The van der Waals surface area contributed by atoms with Crippen LogP contribution < -0.4 is 4.74 Å². The number of nitrogens with zero attached hydrogens (tertiary/aromatic N) is 3. The highest BCUT2D eigenvalue weighted by molar-refractivity contribution is 7.99. The van der Waals surface area contributed by atoms with Crippen molar-refractivity contribution < 1.29 is 9.47 Å². The number of methoxy groups -OCH3 is 1. The molecule has 154 valence electrons. The lowest BCUT2D eigenvalue weighted by atomic mass is 9.84. The minimum Gasteiger partial charge on any atom is -0.491 e. The van der Waals surface area contributed by atoms with E-state index in [1.54, 1.807) is 7.11 Å². The Morgan fingerprint density at radius 2 is 1.96 bits per heavy atom. The lowest BCUT2D eigenvalue weighted by molar-refractivity contribution is 0.146. The molecule has 0 aliphatic carbocycles. The van der Waals surface area contributed by atoms with Crippen molar-refractivity contribution in [2.75, 3.05) is 31.8 Å². The summed E-state index contributed by atoms with van der Waals surface area (Å²) in [5.74, 6) is 6.53. The molecule has 1 aromatic heterocycles. The molecule has 1 atom stereocenters. The molecular weight excluding hydrogens is 370 g/mol. The summed E-state index contributed by atoms with van der Waals surface area (Å²) in [4.78, 5) is 5.07. The Labute approximate surface area is 173 Å². The molecule has 3 rings (SSSR count). The van der Waals surface area contributed by atoms with E-state index >= 15 is 0 Å². The molecule has 6 heteroatoms. The average molecular weight is 404 g/mol. The monoisotopic (exact) mass is 403 g/mol. The van der Waals surface area contributed by atoms with E-state index in [0.29, 0.717) is 37.0 Å². The van der Waals surface area contributed by atoms with E-state index in [9.17, 15) is 0 Å². The summed E-state index contributed by atoms with van der Waals surface area (Å²) in [6.07, 6.45) is 1.17. The first-order valence-electron chi connectivity index (χ1n) is 10.3. The molecule has 0 radical (unpaired) electrons. The zero-order valence-electron chi connectivity index (χ0n) is 17.7. The molecule has 1 fully saturated rings. The van der Waals surface area contributed by atoms with Gasteiger partial charge in [0.05, 0.1) is 12.6 Å². The van der Waals surface area contributed by atoms with E-state index in [2.05, 4.69) is 38.4 Å². The van der Waals surface area contributed by atoms with Gasteiger partial charge in [-0.2, -0.15) is 16.9 Å². The fourth-order valence-corrected chi connectivity index (χ4v) is 5.19. The fourth-order valence-electron chi connectivity index (χ4n) is 4.00. The molecule has 2 heterocycles. The second-order valence-corrected chi connectivity index (χ2v) is 9.29. The molecule has 0 saturated carbocycles. The highest BCUT2D eigenvalue weighted by Gasteiger charge is 2.30. The average Bonchev–Trinajstić information content (AvgIpc) is 3.31. The third kappa shape index (κ3) is 4.90. The Bertz CT molecular complexity index is 746. The summed E-state index contributed by atoms with van der Waals surface area (Å²) in [5.41, 5.74) is 1.01. The van der Waals surface area contributed by atoms with Crippen molar-refractivity contribution in [3.05, 3.63) is 30.1 Å². The highest BCUT2D eigenvalue weighted by Crippen LogP contribution is 2.37. The van der Waals surface area contributed by atoms with Crippen molar-refractivity contribution in [1.82, 2.24) is 14.8 Å². The number of rotatable bonds is 9. The lowest BCUT2D eigenvalue weighted by Gasteiger charge is -2.25. The Balaban J connectivity index is 1.96. The van der Waals surface area contributed by atoms with Crippen LogP contribution in [0.4, 0.5) is 0 Å². The first-order chi connectivity index (χ1) is 13.5. The first kappa shape index (κ1) is 21.2. The Morgan fingerprint density at radius 1 is 1.18 bits per heavy atom. The predicted octanol–water partition coefficient (Wildman–Crippen LogP) is 5.04. The molecule has 28 heavy (non-hydrogen) atoms. The van der Waals surface area contributed by atoms with Gasteiger partial charge in [0, 0.05) is 24.3 Å². The molecule has 0 amide bonds. The van der Waals surface area contributed by atoms with Gasteiger partial charge in [0.1, 0.15) is 18.2 Å². The van der Waals surface area contributed by atoms with Gasteiger partial charge in [-0.3, -0.25) is 0 Å². The molecule has 1 aliphatic heterocycles. The zero-order valence-corrected chi connectivity index (χ0v) is 18.5. The smallest absolute Gasteiger partial charge is 0.181 e. The number of hydrogen-bond acceptors (Lipinski definition) is 5. The van der Waals surface area contributed by atoms with Crippen molar-refractivity contribution in [2.24, 2.45) is 11.8 Å². The van der Waals surface area contributed by atoms with Crippen LogP contribution in [0.25, 0.3) is 11.4 Å². The third-order valence-electron chi connectivity index (χ3n) is 5.29. The standard InChI is InChI=1S/C22H33N3O2S/c1-15(2)20(16(3)4)22-23-21(24-25(22)18-9-12-28-14-18)17-7-6-8-19(13-17)27-11-10-26-5/h6-8,13,15-16,18,20H,9-12,14H2,1-5H3. The maximum atomic E-state index is 5.78. The number of thioether (sulfide) groups is 1. The van der Waals surface area contributed by atoms with Crippen LogP contribution in [0.2, 0.25) is 0 Å². The van der Waals surface area contributed by atoms with E-state index < -0.39 is 0 Å². The van der Waals surface area contributed by atoms with Crippen LogP contribution in [0.5, 0.6) is 5.75 Å². The second-order valence-electron chi connectivity index (χ2n) is 8.14. The van der Waals surface area contributed by atoms with E-state index in [-0.39, 0.29) is 0 Å². The molecular formula is C22H33N3O2S. The van der Waals surface area contributed by atoms with Crippen LogP contribution in [0.15, 0.2) is 24.3 Å². The highest BCUT2D eigenvalue weighted by atomic mass is 32.2. The SMILES string of the molecule is COCCOc1cccc(-c2nc(C(C(C)C)C(C)C)n(C3CCSC3)n2)c1. The maximum absolute atomic E-state index is 5.78. The molecule has 1 unspecified atom stereocenters. The van der Waals surface area contributed by atoms with Gasteiger partial charge in [-0.25, -0.2) is 9.67 Å². The molecule has 1 aromatic carbocycles. The summed E-state index contributed by atoms with van der Waals surface area (Å²) in [7, 11) is 1.68. The molecule has 0 spiro atoms. The van der Waals surface area contributed by atoms with Crippen LogP contribution >= 0.6 is 11.8 Å². The van der Waals surface area contributed by atoms with Gasteiger partial charge >= 0.3 is 0 Å². The summed E-state index contributed by atoms with van der Waals surface area (Å²) >= 11 is 2.01. The van der Waals surface area contributed by atoms with Crippen molar-refractivity contribution >= 4 is 11.8 Å². The number of aromatic nitrogens is 3. The van der Waals surface area contributed by atoms with Gasteiger partial charge in [0.15, 0.2) is 5.82 Å². The van der Waals surface area contributed by atoms with Crippen molar-refractivity contribution in [3.63, 3.8) is 0 Å². The molecule has 2 aromatic rings. The number of ether oxygens (including phenoxy) is 2. The van der Waals surface area contributed by atoms with Gasteiger partial charge in [-0.1, -0.05) is 39.8 Å². The topological polar surface area (TPSA) is 49.2 Å². The summed E-state index contributed by atoms with van der Waals surface area (Å²) < 4.78 is 13.1. The van der Waals surface area contributed by atoms with Crippen LogP contribution in [0.1, 0.15) is 51.9 Å². The van der Waals surface area contributed by atoms with Gasteiger partial charge in [0.2, 0.25) is 0 Å². The Kier molecular flexibility index (Phi) is 7.41. The number of benzene rings is 1. The minimum atomic E-state index is 0.396. The molecule has 1 saturated heterocycles. The lowest BCUT2D eigenvalue weighted by Crippen LogP contribution is -2.22. The fraction of sp³-hybridized carbons (Fsp3) is 0.636. The van der Waals surface area contributed by atoms with Crippen LogP contribution in [-0.4, -0.2) is 46.6 Å². The second kappa shape index (κ2) is 9.79. The maximum Gasteiger partial charge on any atom is 0.181 e. The number of hydrogen-bond donors (Lipinski definition) is 0. The van der Waals surface area contributed by atoms with Gasteiger partial charge in [0.25, 0.3) is 0 Å². The Hall–Kier alpha value is -1.53. The summed E-state index contributed by atoms with van der Waals surface area (Å²) in [6, 6.07) is 8.52. The van der Waals surface area contributed by atoms with Crippen LogP contribution in [0, 0.1) is 11.8 Å². The predicted molar refractivity (Wildman–Crippen MR) is 116 cm³/mol. The quantitative estimate of drug-likeness (QED) is 0.549. The van der Waals surface area contributed by atoms with Crippen molar-refractivity contribution in [3.8, 4) is 17.1 Å². The van der Waals surface area contributed by atoms with Crippen LogP contribution in [-0.2, 0) is 4.74 Å². The van der Waals surface area contributed by atoms with E-state index in [0.717, 1.165) is 28.7 Å². The van der Waals surface area contributed by atoms with E-state index in [1.807, 2.05) is 30.0 Å².